The fourth-order valence-electron chi connectivity index (χ4n) is 1.66. The summed E-state index contributed by atoms with van der Waals surface area (Å²) in [5.41, 5.74) is 0.116. The highest BCUT2D eigenvalue weighted by Crippen LogP contribution is 2.23. The van der Waals surface area contributed by atoms with Crippen molar-refractivity contribution in [3.63, 3.8) is 0 Å². The minimum atomic E-state index is -0.529. The van der Waals surface area contributed by atoms with Gasteiger partial charge in [-0.1, -0.05) is 20.8 Å². The van der Waals surface area contributed by atoms with E-state index in [-0.39, 0.29) is 22.5 Å². The van der Waals surface area contributed by atoms with E-state index in [0.717, 1.165) is 5.56 Å². The molecule has 0 spiro atoms. The SMILES string of the molecule is COc1cc(=O)n2cc(C(C)(C)C)cc(F)c2n1. The van der Waals surface area contributed by atoms with E-state index >= 15 is 0 Å². The van der Waals surface area contributed by atoms with Crippen molar-refractivity contribution in [1.29, 1.82) is 0 Å². The molecule has 0 aliphatic rings. The van der Waals surface area contributed by atoms with Crippen LogP contribution in [0.5, 0.6) is 5.88 Å². The summed E-state index contributed by atoms with van der Waals surface area (Å²) < 4.78 is 20.1. The monoisotopic (exact) mass is 250 g/mol. The van der Waals surface area contributed by atoms with Crippen molar-refractivity contribution in [3.8, 4) is 5.88 Å². The molecule has 2 heterocycles. The van der Waals surface area contributed by atoms with Gasteiger partial charge in [-0.3, -0.25) is 9.20 Å². The molecule has 0 N–H and O–H groups in total. The van der Waals surface area contributed by atoms with Crippen molar-refractivity contribution in [2.45, 2.75) is 26.2 Å². The molecule has 0 saturated heterocycles. The normalized spacial score (nSPS) is 11.8. The Hall–Kier alpha value is -1.91. The van der Waals surface area contributed by atoms with Crippen LogP contribution >= 0.6 is 0 Å². The number of nitrogens with zero attached hydrogens (tertiary/aromatic N) is 2. The molecular weight excluding hydrogens is 235 g/mol. The lowest BCUT2D eigenvalue weighted by atomic mass is 9.88. The molecule has 0 radical (unpaired) electrons. The number of aromatic nitrogens is 2. The molecule has 0 atom stereocenters. The zero-order valence-electron chi connectivity index (χ0n) is 10.8. The first-order chi connectivity index (χ1) is 8.32. The molecule has 18 heavy (non-hydrogen) atoms. The van der Waals surface area contributed by atoms with E-state index in [1.54, 1.807) is 6.20 Å². The van der Waals surface area contributed by atoms with Crippen LogP contribution < -0.4 is 10.3 Å². The number of halogens is 1. The van der Waals surface area contributed by atoms with Gasteiger partial charge in [0.2, 0.25) is 5.88 Å². The lowest BCUT2D eigenvalue weighted by Crippen LogP contribution is -2.20. The lowest BCUT2D eigenvalue weighted by molar-refractivity contribution is 0.396. The lowest BCUT2D eigenvalue weighted by Gasteiger charge is -2.19. The van der Waals surface area contributed by atoms with Gasteiger partial charge in [0.25, 0.3) is 5.56 Å². The molecule has 2 aromatic rings. The van der Waals surface area contributed by atoms with E-state index in [1.807, 2.05) is 20.8 Å². The summed E-state index contributed by atoms with van der Waals surface area (Å²) in [5, 5.41) is 0. The Bertz CT molecular complexity index is 656. The second-order valence-electron chi connectivity index (χ2n) is 5.16. The van der Waals surface area contributed by atoms with Gasteiger partial charge in [-0.2, -0.15) is 4.98 Å². The minimum Gasteiger partial charge on any atom is -0.481 e. The largest absolute Gasteiger partial charge is 0.481 e. The van der Waals surface area contributed by atoms with Crippen LogP contribution in [0.1, 0.15) is 26.3 Å². The van der Waals surface area contributed by atoms with Crippen LogP contribution in [0.4, 0.5) is 4.39 Å². The molecule has 0 fully saturated rings. The number of rotatable bonds is 1. The van der Waals surface area contributed by atoms with Crippen molar-refractivity contribution >= 4 is 5.65 Å². The first-order valence-electron chi connectivity index (χ1n) is 5.60. The summed E-state index contributed by atoms with van der Waals surface area (Å²) in [6.45, 7) is 5.86. The van der Waals surface area contributed by atoms with Crippen LogP contribution in [0, 0.1) is 5.82 Å². The van der Waals surface area contributed by atoms with Gasteiger partial charge in [0.05, 0.1) is 13.2 Å². The predicted molar refractivity (Wildman–Crippen MR) is 66.7 cm³/mol. The molecule has 0 aromatic carbocycles. The summed E-state index contributed by atoms with van der Waals surface area (Å²) >= 11 is 0. The van der Waals surface area contributed by atoms with Gasteiger partial charge in [-0.15, -0.1) is 0 Å². The number of fused-ring (bicyclic) bond motifs is 1. The molecule has 0 unspecified atom stereocenters. The average Bonchev–Trinajstić information content (AvgIpc) is 2.28. The zero-order valence-corrected chi connectivity index (χ0v) is 10.8. The van der Waals surface area contributed by atoms with E-state index in [4.69, 9.17) is 4.74 Å². The Balaban J connectivity index is 2.82. The molecule has 0 aliphatic heterocycles. The molecule has 2 rings (SSSR count). The number of methoxy groups -OCH3 is 1. The van der Waals surface area contributed by atoms with Gasteiger partial charge in [-0.25, -0.2) is 4.39 Å². The molecular formula is C13H15FN2O2. The zero-order chi connectivity index (χ0) is 13.5. The van der Waals surface area contributed by atoms with Crippen LogP contribution in [0.3, 0.4) is 0 Å². The van der Waals surface area contributed by atoms with Gasteiger partial charge in [-0.05, 0) is 17.0 Å². The quantitative estimate of drug-likeness (QED) is 0.778. The molecule has 4 nitrogen and oxygen atoms in total. The number of pyridine rings is 1. The van der Waals surface area contributed by atoms with E-state index in [2.05, 4.69) is 4.98 Å². The van der Waals surface area contributed by atoms with E-state index < -0.39 is 5.82 Å². The Kier molecular flexibility index (Phi) is 2.84. The van der Waals surface area contributed by atoms with Crippen LogP contribution in [-0.4, -0.2) is 16.5 Å². The number of hydrogen-bond acceptors (Lipinski definition) is 3. The molecule has 0 saturated carbocycles. The van der Waals surface area contributed by atoms with Crippen molar-refractivity contribution in [3.05, 3.63) is 40.1 Å². The highest BCUT2D eigenvalue weighted by Gasteiger charge is 2.18. The summed E-state index contributed by atoms with van der Waals surface area (Å²) in [5.74, 6) is -0.416. The van der Waals surface area contributed by atoms with Crippen molar-refractivity contribution in [2.24, 2.45) is 0 Å². The maximum atomic E-state index is 14.0. The average molecular weight is 250 g/mol. The van der Waals surface area contributed by atoms with Crippen molar-refractivity contribution < 1.29 is 9.13 Å². The fourth-order valence-corrected chi connectivity index (χ4v) is 1.66. The highest BCUT2D eigenvalue weighted by atomic mass is 19.1. The van der Waals surface area contributed by atoms with Gasteiger partial charge >= 0.3 is 0 Å². The molecule has 0 bridgehead atoms. The van der Waals surface area contributed by atoms with Gasteiger partial charge in [0.1, 0.15) is 0 Å². The predicted octanol–water partition coefficient (Wildman–Crippen LogP) is 2.14. The van der Waals surface area contributed by atoms with E-state index in [1.165, 1.54) is 23.6 Å². The maximum absolute atomic E-state index is 14.0. The third kappa shape index (κ3) is 2.08. The van der Waals surface area contributed by atoms with E-state index in [9.17, 15) is 9.18 Å². The smallest absolute Gasteiger partial charge is 0.261 e. The van der Waals surface area contributed by atoms with Crippen LogP contribution in [0.2, 0.25) is 0 Å². The minimum absolute atomic E-state index is 0.0210. The standard InChI is InChI=1S/C13H15FN2O2/c1-13(2,3)8-5-9(14)12-15-10(18-4)6-11(17)16(12)7-8/h5-7H,1-4H3. The van der Waals surface area contributed by atoms with Gasteiger partial charge < -0.3 is 4.74 Å². The third-order valence-electron chi connectivity index (χ3n) is 2.77. The summed E-state index contributed by atoms with van der Waals surface area (Å²) in [7, 11) is 1.39. The number of hydrogen-bond donors (Lipinski definition) is 0. The van der Waals surface area contributed by atoms with Gasteiger partial charge in [0, 0.05) is 6.20 Å². The number of ether oxygens (including phenoxy) is 1. The molecule has 96 valence electrons. The highest BCUT2D eigenvalue weighted by molar-refractivity contribution is 5.44. The van der Waals surface area contributed by atoms with Crippen molar-refractivity contribution in [2.75, 3.05) is 7.11 Å². The Morgan fingerprint density at radius 1 is 1.33 bits per heavy atom. The Morgan fingerprint density at radius 3 is 2.56 bits per heavy atom. The Morgan fingerprint density at radius 2 is 2.00 bits per heavy atom. The summed E-state index contributed by atoms with van der Waals surface area (Å²) in [6.07, 6.45) is 1.62. The first kappa shape index (κ1) is 12.5. The first-order valence-corrected chi connectivity index (χ1v) is 5.60. The van der Waals surface area contributed by atoms with Crippen LogP contribution in [0.15, 0.2) is 23.1 Å². The molecule has 5 heteroatoms. The second-order valence-corrected chi connectivity index (χ2v) is 5.16. The maximum Gasteiger partial charge on any atom is 0.261 e. The molecule has 2 aromatic heterocycles. The molecule has 0 amide bonds. The fraction of sp³-hybridized carbons (Fsp3) is 0.385. The van der Waals surface area contributed by atoms with Gasteiger partial charge in [0.15, 0.2) is 11.5 Å². The topological polar surface area (TPSA) is 43.6 Å². The van der Waals surface area contributed by atoms with Crippen LogP contribution in [0.25, 0.3) is 5.65 Å². The third-order valence-corrected chi connectivity index (χ3v) is 2.77. The second kappa shape index (κ2) is 4.08. The van der Waals surface area contributed by atoms with Crippen molar-refractivity contribution in [1.82, 2.24) is 9.38 Å². The Labute approximate surface area is 104 Å². The summed E-state index contributed by atoms with van der Waals surface area (Å²) in [4.78, 5) is 15.8. The van der Waals surface area contributed by atoms with E-state index in [0.29, 0.717) is 0 Å². The summed E-state index contributed by atoms with van der Waals surface area (Å²) in [6, 6.07) is 2.64. The molecule has 0 aliphatic carbocycles. The van der Waals surface area contributed by atoms with Crippen LogP contribution in [-0.2, 0) is 5.41 Å².